The van der Waals surface area contributed by atoms with E-state index in [1.807, 2.05) is 24.3 Å². The molecule has 0 heterocycles. The second-order valence-electron chi connectivity index (χ2n) is 7.25. The zero-order valence-corrected chi connectivity index (χ0v) is 19.3. The second kappa shape index (κ2) is 12.6. The lowest BCUT2D eigenvalue weighted by Gasteiger charge is -2.21. The Bertz CT molecular complexity index is 800. The molecule has 2 rings (SSSR count). The van der Waals surface area contributed by atoms with Crippen molar-refractivity contribution >= 4 is 23.8 Å². The number of hydrogen-bond donors (Lipinski definition) is 2. The highest BCUT2D eigenvalue weighted by Crippen LogP contribution is 2.24. The molecule has 0 aliphatic carbocycles. The summed E-state index contributed by atoms with van der Waals surface area (Å²) in [5.41, 5.74) is 3.47. The van der Waals surface area contributed by atoms with E-state index in [1.165, 1.54) is 0 Å². The Morgan fingerprint density at radius 1 is 0.677 bits per heavy atom. The highest BCUT2D eigenvalue weighted by Gasteiger charge is 2.06. The van der Waals surface area contributed by atoms with E-state index in [0.29, 0.717) is 13.1 Å². The number of nitrogens with zero attached hydrogens (tertiary/aromatic N) is 4. The summed E-state index contributed by atoms with van der Waals surface area (Å²) in [6.45, 7) is 13.3. The number of phenolic OH excluding ortho intramolecular Hbond substituents is 2. The van der Waals surface area contributed by atoms with E-state index in [0.717, 1.165) is 55.1 Å². The zero-order valence-electron chi connectivity index (χ0n) is 19.3. The highest BCUT2D eigenvalue weighted by molar-refractivity contribution is 5.85. The largest absolute Gasteiger partial charge is 0.507 e. The zero-order chi connectivity index (χ0) is 22.6. The van der Waals surface area contributed by atoms with E-state index < -0.39 is 0 Å². The minimum absolute atomic E-state index is 0.245. The van der Waals surface area contributed by atoms with E-state index in [-0.39, 0.29) is 11.5 Å². The van der Waals surface area contributed by atoms with Gasteiger partial charge in [-0.15, -0.1) is 0 Å². The maximum atomic E-state index is 10.2. The maximum absolute atomic E-state index is 10.2. The highest BCUT2D eigenvalue weighted by atomic mass is 16.3. The number of phenols is 2. The van der Waals surface area contributed by atoms with Crippen LogP contribution in [0.25, 0.3) is 0 Å². The number of hydrogen-bond acceptors (Lipinski definition) is 6. The SMILES string of the molecule is CCN(CC)c1ccc(C=NCCCN=Cc2ccc(N(CC)CC)cc2O)c(O)c1. The molecule has 0 saturated carbocycles. The first kappa shape index (κ1) is 24.3. The van der Waals surface area contributed by atoms with Crippen molar-refractivity contribution in [2.45, 2.75) is 34.1 Å². The number of benzene rings is 2. The smallest absolute Gasteiger partial charge is 0.126 e. The fraction of sp³-hybridized carbons (Fsp3) is 0.440. The molecule has 0 spiro atoms. The minimum Gasteiger partial charge on any atom is -0.507 e. The molecule has 2 aromatic carbocycles. The normalized spacial score (nSPS) is 11.5. The van der Waals surface area contributed by atoms with E-state index in [4.69, 9.17) is 0 Å². The van der Waals surface area contributed by atoms with E-state index >= 15 is 0 Å². The van der Waals surface area contributed by atoms with Gasteiger partial charge in [0.25, 0.3) is 0 Å². The van der Waals surface area contributed by atoms with Gasteiger partial charge in [-0.3, -0.25) is 9.98 Å². The van der Waals surface area contributed by atoms with E-state index in [1.54, 1.807) is 24.6 Å². The maximum Gasteiger partial charge on any atom is 0.126 e. The molecule has 0 saturated heterocycles. The topological polar surface area (TPSA) is 71.7 Å². The number of rotatable bonds is 12. The van der Waals surface area contributed by atoms with Crippen LogP contribution in [0.3, 0.4) is 0 Å². The molecule has 0 atom stereocenters. The Labute approximate surface area is 186 Å². The molecule has 2 aromatic rings. The van der Waals surface area contributed by atoms with E-state index in [9.17, 15) is 10.2 Å². The van der Waals surface area contributed by atoms with Gasteiger partial charge in [0.05, 0.1) is 0 Å². The van der Waals surface area contributed by atoms with Crippen molar-refractivity contribution < 1.29 is 10.2 Å². The Kier molecular flexibility index (Phi) is 9.88. The summed E-state index contributed by atoms with van der Waals surface area (Å²) in [6.07, 6.45) is 4.22. The summed E-state index contributed by atoms with van der Waals surface area (Å²) in [5, 5.41) is 20.5. The van der Waals surface area contributed by atoms with Gasteiger partial charge < -0.3 is 20.0 Å². The van der Waals surface area contributed by atoms with Gasteiger partial charge in [0.2, 0.25) is 0 Å². The fourth-order valence-electron chi connectivity index (χ4n) is 3.43. The average molecular weight is 425 g/mol. The summed E-state index contributed by atoms with van der Waals surface area (Å²) in [7, 11) is 0. The molecular weight excluding hydrogens is 388 g/mol. The molecule has 31 heavy (non-hydrogen) atoms. The molecule has 0 bridgehead atoms. The minimum atomic E-state index is 0.245. The third-order valence-electron chi connectivity index (χ3n) is 5.32. The van der Waals surface area contributed by atoms with Crippen molar-refractivity contribution in [2.24, 2.45) is 9.98 Å². The Hall–Kier alpha value is -3.02. The van der Waals surface area contributed by atoms with Crippen LogP contribution in [0.2, 0.25) is 0 Å². The molecule has 2 N–H and O–H groups in total. The van der Waals surface area contributed by atoms with Gasteiger partial charge in [0, 0.05) is 86.3 Å². The first-order valence-corrected chi connectivity index (χ1v) is 11.2. The first-order chi connectivity index (χ1) is 15.0. The summed E-state index contributed by atoms with van der Waals surface area (Å²) in [4.78, 5) is 13.2. The Morgan fingerprint density at radius 3 is 1.39 bits per heavy atom. The standard InChI is InChI=1S/C25H36N4O2/c1-5-28(6-2)22-12-10-20(24(30)16-22)18-26-14-9-15-27-19-21-11-13-23(17-25(21)31)29(7-3)8-4/h10-13,16-19,30-31H,5-9,14-15H2,1-4H3. The van der Waals surface area contributed by atoms with Crippen molar-refractivity contribution in [3.63, 3.8) is 0 Å². The first-order valence-electron chi connectivity index (χ1n) is 11.2. The molecule has 0 amide bonds. The quantitative estimate of drug-likeness (QED) is 0.382. The van der Waals surface area contributed by atoms with Crippen LogP contribution < -0.4 is 9.80 Å². The van der Waals surface area contributed by atoms with Gasteiger partial charge in [-0.25, -0.2) is 0 Å². The van der Waals surface area contributed by atoms with Gasteiger partial charge in [-0.05, 0) is 58.4 Å². The summed E-state index contributed by atoms with van der Waals surface area (Å²) < 4.78 is 0. The van der Waals surface area contributed by atoms with Crippen molar-refractivity contribution in [2.75, 3.05) is 49.1 Å². The van der Waals surface area contributed by atoms with Crippen LogP contribution in [-0.4, -0.2) is 61.9 Å². The van der Waals surface area contributed by atoms with Gasteiger partial charge in [-0.2, -0.15) is 0 Å². The van der Waals surface area contributed by atoms with Crippen molar-refractivity contribution in [1.29, 1.82) is 0 Å². The van der Waals surface area contributed by atoms with Crippen molar-refractivity contribution in [3.8, 4) is 11.5 Å². The molecule has 0 aromatic heterocycles. The fourth-order valence-corrected chi connectivity index (χ4v) is 3.43. The van der Waals surface area contributed by atoms with Crippen LogP contribution in [-0.2, 0) is 0 Å². The predicted molar refractivity (Wildman–Crippen MR) is 133 cm³/mol. The van der Waals surface area contributed by atoms with Crippen LogP contribution >= 0.6 is 0 Å². The lowest BCUT2D eigenvalue weighted by Crippen LogP contribution is -2.21. The predicted octanol–water partition coefficient (Wildman–Crippen LogP) is 4.72. The lowest BCUT2D eigenvalue weighted by molar-refractivity contribution is 0.474. The number of aromatic hydroxyl groups is 2. The van der Waals surface area contributed by atoms with Crippen molar-refractivity contribution in [3.05, 3.63) is 47.5 Å². The van der Waals surface area contributed by atoms with Crippen LogP contribution in [0.1, 0.15) is 45.2 Å². The number of aliphatic imine (C=N–C) groups is 2. The number of anilines is 2. The average Bonchev–Trinajstić information content (AvgIpc) is 2.77. The second-order valence-corrected chi connectivity index (χ2v) is 7.25. The summed E-state index contributed by atoms with van der Waals surface area (Å²) in [6, 6.07) is 11.4. The Morgan fingerprint density at radius 2 is 1.06 bits per heavy atom. The molecule has 0 aliphatic rings. The molecule has 6 heteroatoms. The molecule has 6 nitrogen and oxygen atoms in total. The van der Waals surface area contributed by atoms with Gasteiger partial charge in [0.1, 0.15) is 11.5 Å². The van der Waals surface area contributed by atoms with Crippen LogP contribution in [0.4, 0.5) is 11.4 Å². The molecule has 168 valence electrons. The molecule has 0 radical (unpaired) electrons. The molecule has 0 fully saturated rings. The van der Waals surface area contributed by atoms with Gasteiger partial charge >= 0.3 is 0 Å². The third kappa shape index (κ3) is 7.02. The molecular formula is C25H36N4O2. The van der Waals surface area contributed by atoms with Crippen LogP contribution in [0.5, 0.6) is 11.5 Å². The summed E-state index contributed by atoms with van der Waals surface area (Å²) in [5.74, 6) is 0.490. The Balaban J connectivity index is 1.83. The van der Waals surface area contributed by atoms with Gasteiger partial charge in [-0.1, -0.05) is 0 Å². The molecule has 0 unspecified atom stereocenters. The van der Waals surface area contributed by atoms with Crippen molar-refractivity contribution in [1.82, 2.24) is 0 Å². The summed E-state index contributed by atoms with van der Waals surface area (Å²) >= 11 is 0. The monoisotopic (exact) mass is 424 g/mol. The lowest BCUT2D eigenvalue weighted by atomic mass is 10.2. The van der Waals surface area contributed by atoms with Crippen LogP contribution in [0.15, 0.2) is 46.4 Å². The van der Waals surface area contributed by atoms with E-state index in [2.05, 4.69) is 47.5 Å². The van der Waals surface area contributed by atoms with Gasteiger partial charge in [0.15, 0.2) is 0 Å². The van der Waals surface area contributed by atoms with Crippen LogP contribution in [0, 0.1) is 0 Å². The molecule has 0 aliphatic heterocycles. The third-order valence-corrected chi connectivity index (χ3v) is 5.32.